The molecule has 3 rings (SSSR count). The number of nitrogens with zero attached hydrogens (tertiary/aromatic N) is 1. The van der Waals surface area contributed by atoms with Gasteiger partial charge in [-0.1, -0.05) is 30.3 Å². The van der Waals surface area contributed by atoms with Crippen molar-refractivity contribution in [2.45, 2.75) is 6.92 Å². The van der Waals surface area contributed by atoms with Gasteiger partial charge >= 0.3 is 0 Å². The Labute approximate surface area is 138 Å². The average Bonchev–Trinajstić information content (AvgIpc) is 2.57. The molecule has 0 aliphatic heterocycles. The molecule has 0 unspecified atom stereocenters. The van der Waals surface area contributed by atoms with Crippen molar-refractivity contribution in [3.63, 3.8) is 0 Å². The summed E-state index contributed by atoms with van der Waals surface area (Å²) in [7, 11) is 0. The molecule has 0 aliphatic rings. The summed E-state index contributed by atoms with van der Waals surface area (Å²) in [5.74, 6) is 1.03. The van der Waals surface area contributed by atoms with E-state index >= 15 is 0 Å². The largest absolute Gasteiger partial charge is 0.455 e. The maximum atomic E-state index is 12.3. The lowest BCUT2D eigenvalue weighted by atomic mass is 10.2. The van der Waals surface area contributed by atoms with Crippen molar-refractivity contribution in [1.29, 1.82) is 0 Å². The molecule has 0 spiro atoms. The Hall–Kier alpha value is -3.41. The van der Waals surface area contributed by atoms with E-state index in [1.807, 2.05) is 30.3 Å². The number of aromatic nitrogens is 2. The lowest BCUT2D eigenvalue weighted by Crippen LogP contribution is -2.24. The van der Waals surface area contributed by atoms with Crippen LogP contribution in [-0.4, -0.2) is 15.9 Å². The Kier molecular flexibility index (Phi) is 4.38. The molecule has 1 amide bonds. The van der Waals surface area contributed by atoms with Crippen LogP contribution in [0, 0.1) is 6.92 Å². The van der Waals surface area contributed by atoms with Crippen molar-refractivity contribution in [3.8, 4) is 11.5 Å². The third-order valence-electron chi connectivity index (χ3n) is 3.28. The molecular weight excluding hydrogens is 306 g/mol. The molecule has 1 aromatic heterocycles. The fourth-order valence-corrected chi connectivity index (χ4v) is 2.11. The second-order valence-corrected chi connectivity index (χ2v) is 5.08. The molecule has 2 aromatic carbocycles. The molecule has 2 N–H and O–H groups in total. The SMILES string of the molecule is Cc1ncc(C(=O)Nc2ccccc2Oc2ccccc2)c(=O)[nH]1. The molecule has 0 saturated heterocycles. The molecule has 3 aromatic rings. The number of amides is 1. The first-order chi connectivity index (χ1) is 11.6. The first kappa shape index (κ1) is 15.5. The zero-order valence-corrected chi connectivity index (χ0v) is 12.9. The maximum absolute atomic E-state index is 12.3. The number of nitrogens with one attached hydrogen (secondary N) is 2. The molecule has 0 fully saturated rings. The summed E-state index contributed by atoms with van der Waals surface area (Å²) >= 11 is 0. The second-order valence-electron chi connectivity index (χ2n) is 5.08. The molecule has 24 heavy (non-hydrogen) atoms. The lowest BCUT2D eigenvalue weighted by Gasteiger charge is -2.12. The number of hydrogen-bond acceptors (Lipinski definition) is 4. The number of aryl methyl sites for hydroxylation is 1. The summed E-state index contributed by atoms with van der Waals surface area (Å²) in [6.07, 6.45) is 1.25. The van der Waals surface area contributed by atoms with Gasteiger partial charge in [-0.15, -0.1) is 0 Å². The number of H-pyrrole nitrogens is 1. The summed E-state index contributed by atoms with van der Waals surface area (Å²) in [6, 6.07) is 16.2. The summed E-state index contributed by atoms with van der Waals surface area (Å²) in [5.41, 5.74) is -0.0806. The zero-order valence-electron chi connectivity index (χ0n) is 12.9. The highest BCUT2D eigenvalue weighted by molar-refractivity contribution is 6.04. The smallest absolute Gasteiger partial charge is 0.263 e. The van der Waals surface area contributed by atoms with E-state index < -0.39 is 11.5 Å². The van der Waals surface area contributed by atoms with Crippen LogP contribution in [0.4, 0.5) is 5.69 Å². The van der Waals surface area contributed by atoms with Crippen LogP contribution >= 0.6 is 0 Å². The van der Waals surface area contributed by atoms with Gasteiger partial charge in [0.2, 0.25) is 0 Å². The van der Waals surface area contributed by atoms with Crippen molar-refractivity contribution >= 4 is 11.6 Å². The van der Waals surface area contributed by atoms with Crippen molar-refractivity contribution in [2.24, 2.45) is 0 Å². The van der Waals surface area contributed by atoms with Gasteiger partial charge in [0.25, 0.3) is 11.5 Å². The van der Waals surface area contributed by atoms with Crippen LogP contribution in [0.2, 0.25) is 0 Å². The Morgan fingerprint density at radius 1 is 1.08 bits per heavy atom. The molecule has 0 aliphatic carbocycles. The van der Waals surface area contributed by atoms with Gasteiger partial charge in [0.1, 0.15) is 17.1 Å². The summed E-state index contributed by atoms with van der Waals surface area (Å²) < 4.78 is 5.78. The van der Waals surface area contributed by atoms with Gasteiger partial charge in [-0.2, -0.15) is 0 Å². The fourth-order valence-electron chi connectivity index (χ4n) is 2.11. The summed E-state index contributed by atoms with van der Waals surface area (Å²) in [6.45, 7) is 1.64. The Morgan fingerprint density at radius 3 is 2.54 bits per heavy atom. The quantitative estimate of drug-likeness (QED) is 0.773. The number of para-hydroxylation sites is 3. The number of anilines is 1. The van der Waals surface area contributed by atoms with Crippen LogP contribution in [0.15, 0.2) is 65.6 Å². The van der Waals surface area contributed by atoms with Gasteiger partial charge in [0.05, 0.1) is 5.69 Å². The normalized spacial score (nSPS) is 10.2. The summed E-state index contributed by atoms with van der Waals surface area (Å²) in [4.78, 5) is 30.6. The van der Waals surface area contributed by atoms with Gasteiger partial charge in [0, 0.05) is 6.20 Å². The standard InChI is InChI=1S/C18H15N3O3/c1-12-19-11-14(17(22)20-12)18(23)21-15-9-5-6-10-16(15)24-13-7-3-2-4-8-13/h2-11H,1H3,(H,21,23)(H,19,20,22). The summed E-state index contributed by atoms with van der Waals surface area (Å²) in [5, 5.41) is 2.68. The van der Waals surface area contributed by atoms with E-state index in [2.05, 4.69) is 15.3 Å². The van der Waals surface area contributed by atoms with Crippen LogP contribution < -0.4 is 15.6 Å². The van der Waals surface area contributed by atoms with E-state index in [-0.39, 0.29) is 5.56 Å². The van der Waals surface area contributed by atoms with E-state index in [0.717, 1.165) is 0 Å². The first-order valence-corrected chi connectivity index (χ1v) is 7.33. The van der Waals surface area contributed by atoms with Gasteiger partial charge in [0.15, 0.2) is 5.75 Å². The van der Waals surface area contributed by atoms with Crippen LogP contribution in [0.1, 0.15) is 16.2 Å². The zero-order chi connectivity index (χ0) is 16.9. The van der Waals surface area contributed by atoms with Gasteiger partial charge < -0.3 is 15.0 Å². The Balaban J connectivity index is 1.85. The Bertz CT molecular complexity index is 920. The van der Waals surface area contributed by atoms with Crippen molar-refractivity contribution in [3.05, 3.63) is 82.5 Å². The first-order valence-electron chi connectivity index (χ1n) is 7.33. The minimum Gasteiger partial charge on any atom is -0.455 e. The number of hydrogen-bond donors (Lipinski definition) is 2. The monoisotopic (exact) mass is 321 g/mol. The van der Waals surface area contributed by atoms with E-state index in [4.69, 9.17) is 4.74 Å². The topological polar surface area (TPSA) is 84.1 Å². The highest BCUT2D eigenvalue weighted by Crippen LogP contribution is 2.29. The predicted octanol–water partition coefficient (Wildman–Crippen LogP) is 3.12. The predicted molar refractivity (Wildman–Crippen MR) is 90.5 cm³/mol. The molecule has 1 heterocycles. The maximum Gasteiger partial charge on any atom is 0.263 e. The second kappa shape index (κ2) is 6.78. The lowest BCUT2D eigenvalue weighted by molar-refractivity contribution is 0.102. The number of carbonyl (C=O) groups is 1. The van der Waals surface area contributed by atoms with E-state index in [1.54, 1.807) is 31.2 Å². The molecule has 0 saturated carbocycles. The number of carbonyl (C=O) groups excluding carboxylic acids is 1. The van der Waals surface area contributed by atoms with Crippen molar-refractivity contribution in [1.82, 2.24) is 9.97 Å². The van der Waals surface area contributed by atoms with E-state index in [9.17, 15) is 9.59 Å². The number of ether oxygens (including phenoxy) is 1. The highest BCUT2D eigenvalue weighted by atomic mass is 16.5. The van der Waals surface area contributed by atoms with E-state index in [1.165, 1.54) is 6.20 Å². The molecule has 120 valence electrons. The van der Waals surface area contributed by atoms with Crippen molar-refractivity contribution in [2.75, 3.05) is 5.32 Å². The van der Waals surface area contributed by atoms with Crippen LogP contribution in [0.5, 0.6) is 11.5 Å². The third-order valence-corrected chi connectivity index (χ3v) is 3.28. The molecule has 6 heteroatoms. The van der Waals surface area contributed by atoms with Gasteiger partial charge in [-0.05, 0) is 31.2 Å². The van der Waals surface area contributed by atoms with E-state index in [0.29, 0.717) is 23.0 Å². The number of benzene rings is 2. The van der Waals surface area contributed by atoms with Crippen LogP contribution in [0.25, 0.3) is 0 Å². The van der Waals surface area contributed by atoms with Gasteiger partial charge in [-0.25, -0.2) is 4.98 Å². The molecule has 6 nitrogen and oxygen atoms in total. The Morgan fingerprint density at radius 2 is 1.79 bits per heavy atom. The average molecular weight is 321 g/mol. The number of aromatic amines is 1. The van der Waals surface area contributed by atoms with Crippen molar-refractivity contribution < 1.29 is 9.53 Å². The highest BCUT2D eigenvalue weighted by Gasteiger charge is 2.14. The molecule has 0 atom stereocenters. The molecule has 0 bridgehead atoms. The molecule has 0 radical (unpaired) electrons. The van der Waals surface area contributed by atoms with Crippen LogP contribution in [-0.2, 0) is 0 Å². The minimum atomic E-state index is -0.548. The minimum absolute atomic E-state index is 0.0601. The number of rotatable bonds is 4. The fraction of sp³-hybridized carbons (Fsp3) is 0.0556. The third kappa shape index (κ3) is 3.49. The van der Waals surface area contributed by atoms with Gasteiger partial charge in [-0.3, -0.25) is 9.59 Å². The van der Waals surface area contributed by atoms with Crippen LogP contribution in [0.3, 0.4) is 0 Å². The molecular formula is C18H15N3O3.